The molecule has 1 aromatic heterocycles. The number of aliphatic carboxylic acids is 1. The lowest BCUT2D eigenvalue weighted by atomic mass is 10.2. The largest absolute Gasteiger partial charge is 0.481 e. The second kappa shape index (κ2) is 8.06. The van der Waals surface area contributed by atoms with Crippen molar-refractivity contribution in [2.75, 3.05) is 13.1 Å². The van der Waals surface area contributed by atoms with Gasteiger partial charge in [-0.25, -0.2) is 9.07 Å². The van der Waals surface area contributed by atoms with Crippen LogP contribution in [0.3, 0.4) is 0 Å². The molecule has 0 aliphatic heterocycles. The van der Waals surface area contributed by atoms with Crippen LogP contribution >= 0.6 is 11.6 Å². The second-order valence-electron chi connectivity index (χ2n) is 5.91. The van der Waals surface area contributed by atoms with Crippen molar-refractivity contribution >= 4 is 23.5 Å². The van der Waals surface area contributed by atoms with E-state index >= 15 is 0 Å². The summed E-state index contributed by atoms with van der Waals surface area (Å²) in [5.41, 5.74) is 0.0745. The van der Waals surface area contributed by atoms with Gasteiger partial charge in [0, 0.05) is 13.1 Å². The van der Waals surface area contributed by atoms with Crippen LogP contribution in [0, 0.1) is 11.7 Å². The number of benzene rings is 1. The second-order valence-corrected chi connectivity index (χ2v) is 6.32. The van der Waals surface area contributed by atoms with E-state index in [4.69, 9.17) is 16.7 Å². The molecular formula is C16H18ClFN4O3. The van der Waals surface area contributed by atoms with E-state index in [2.05, 4.69) is 10.3 Å². The van der Waals surface area contributed by atoms with E-state index in [1.165, 1.54) is 23.2 Å². The molecular weight excluding hydrogens is 351 g/mol. The Balaban J connectivity index is 2.24. The van der Waals surface area contributed by atoms with Crippen LogP contribution in [-0.4, -0.2) is 50.0 Å². The minimum atomic E-state index is -0.994. The smallest absolute Gasteiger partial charge is 0.305 e. The lowest BCUT2D eigenvalue weighted by Crippen LogP contribution is -2.36. The molecule has 0 aliphatic rings. The van der Waals surface area contributed by atoms with Gasteiger partial charge in [0.2, 0.25) is 0 Å². The third-order valence-electron chi connectivity index (χ3n) is 3.36. The Hall–Kier alpha value is -2.48. The zero-order valence-electron chi connectivity index (χ0n) is 13.8. The number of carbonyl (C=O) groups is 2. The molecule has 1 N–H and O–H groups in total. The molecule has 2 aromatic rings. The van der Waals surface area contributed by atoms with Crippen molar-refractivity contribution in [3.8, 4) is 5.69 Å². The number of amides is 1. The van der Waals surface area contributed by atoms with E-state index in [-0.39, 0.29) is 35.3 Å². The van der Waals surface area contributed by atoms with Crippen LogP contribution in [0.5, 0.6) is 0 Å². The fraction of sp³-hybridized carbons (Fsp3) is 0.375. The van der Waals surface area contributed by atoms with E-state index in [1.54, 1.807) is 6.07 Å². The van der Waals surface area contributed by atoms with Crippen LogP contribution in [-0.2, 0) is 4.79 Å². The lowest BCUT2D eigenvalue weighted by Gasteiger charge is -2.22. The molecule has 1 heterocycles. The molecule has 0 saturated carbocycles. The maximum absolute atomic E-state index is 14.1. The monoisotopic (exact) mass is 368 g/mol. The molecule has 0 aliphatic carbocycles. The molecule has 0 fully saturated rings. The van der Waals surface area contributed by atoms with Gasteiger partial charge in [0.15, 0.2) is 11.5 Å². The van der Waals surface area contributed by atoms with Crippen molar-refractivity contribution < 1.29 is 19.1 Å². The fourth-order valence-corrected chi connectivity index (χ4v) is 2.43. The minimum Gasteiger partial charge on any atom is -0.481 e. The minimum absolute atomic E-state index is 0.00501. The molecule has 0 unspecified atom stereocenters. The van der Waals surface area contributed by atoms with Crippen molar-refractivity contribution in [1.29, 1.82) is 0 Å². The van der Waals surface area contributed by atoms with Crippen LogP contribution in [0.4, 0.5) is 4.39 Å². The Labute approximate surface area is 149 Å². The Bertz CT molecular complexity index is 778. The summed E-state index contributed by atoms with van der Waals surface area (Å²) < 4.78 is 15.2. The highest BCUT2D eigenvalue weighted by molar-refractivity contribution is 6.30. The normalized spacial score (nSPS) is 10.9. The summed E-state index contributed by atoms with van der Waals surface area (Å²) >= 11 is 5.74. The van der Waals surface area contributed by atoms with Crippen LogP contribution in [0.2, 0.25) is 5.02 Å². The zero-order valence-corrected chi connectivity index (χ0v) is 14.6. The van der Waals surface area contributed by atoms with Gasteiger partial charge in [0.25, 0.3) is 5.91 Å². The van der Waals surface area contributed by atoms with Crippen LogP contribution in [0.25, 0.3) is 5.69 Å². The number of halogens is 2. The number of carboxylic acid groups (broad SMARTS) is 1. The number of carboxylic acids is 1. The summed E-state index contributed by atoms with van der Waals surface area (Å²) in [5.74, 6) is -1.97. The number of hydrogen-bond acceptors (Lipinski definition) is 4. The Morgan fingerprint density at radius 1 is 1.40 bits per heavy atom. The topological polar surface area (TPSA) is 88.3 Å². The van der Waals surface area contributed by atoms with Crippen LogP contribution < -0.4 is 0 Å². The maximum Gasteiger partial charge on any atom is 0.305 e. The first-order valence-corrected chi connectivity index (χ1v) is 8.05. The van der Waals surface area contributed by atoms with E-state index in [1.807, 2.05) is 13.8 Å². The van der Waals surface area contributed by atoms with Gasteiger partial charge in [0.1, 0.15) is 5.69 Å². The van der Waals surface area contributed by atoms with Gasteiger partial charge >= 0.3 is 5.97 Å². The third-order valence-corrected chi connectivity index (χ3v) is 3.65. The number of hydrogen-bond donors (Lipinski definition) is 1. The fourth-order valence-electron chi connectivity index (χ4n) is 2.26. The first-order chi connectivity index (χ1) is 11.8. The molecule has 7 nitrogen and oxygen atoms in total. The molecule has 25 heavy (non-hydrogen) atoms. The van der Waals surface area contributed by atoms with Gasteiger partial charge in [-0.15, -0.1) is 5.10 Å². The number of rotatable bonds is 7. The van der Waals surface area contributed by atoms with Gasteiger partial charge in [-0.1, -0.05) is 36.7 Å². The summed E-state index contributed by atoms with van der Waals surface area (Å²) in [6.07, 6.45) is 1.13. The number of carbonyl (C=O) groups excluding carboxylic acids is 1. The molecule has 0 saturated heterocycles. The molecule has 134 valence electrons. The third kappa shape index (κ3) is 4.76. The number of nitrogens with zero attached hydrogens (tertiary/aromatic N) is 4. The quantitative estimate of drug-likeness (QED) is 0.811. The summed E-state index contributed by atoms with van der Waals surface area (Å²) in [4.78, 5) is 24.8. The predicted molar refractivity (Wildman–Crippen MR) is 89.3 cm³/mol. The summed E-state index contributed by atoms with van der Waals surface area (Å²) in [5, 5.41) is 16.3. The Morgan fingerprint density at radius 2 is 2.12 bits per heavy atom. The Kier molecular flexibility index (Phi) is 6.08. The molecule has 2 rings (SSSR count). The average Bonchev–Trinajstić information content (AvgIpc) is 3.02. The summed E-state index contributed by atoms with van der Waals surface area (Å²) in [6.45, 7) is 4.27. The molecule has 0 spiro atoms. The summed E-state index contributed by atoms with van der Waals surface area (Å²) in [6, 6.07) is 4.42. The Morgan fingerprint density at radius 3 is 2.76 bits per heavy atom. The highest BCUT2D eigenvalue weighted by atomic mass is 35.5. The van der Waals surface area contributed by atoms with Crippen molar-refractivity contribution in [3.63, 3.8) is 0 Å². The van der Waals surface area contributed by atoms with Gasteiger partial charge in [0.05, 0.1) is 17.6 Å². The number of aromatic nitrogens is 3. The van der Waals surface area contributed by atoms with Crippen molar-refractivity contribution in [2.45, 2.75) is 20.3 Å². The van der Waals surface area contributed by atoms with Crippen molar-refractivity contribution in [1.82, 2.24) is 19.9 Å². The van der Waals surface area contributed by atoms with Gasteiger partial charge < -0.3 is 10.0 Å². The van der Waals surface area contributed by atoms with Crippen LogP contribution in [0.1, 0.15) is 30.8 Å². The van der Waals surface area contributed by atoms with Gasteiger partial charge in [-0.3, -0.25) is 9.59 Å². The maximum atomic E-state index is 14.1. The standard InChI is InChI=1S/C16H18ClFN4O3/c1-10(2)8-21(7-6-14(23)24)16(25)12-9-22(20-19-12)13-5-3-4-11(17)15(13)18/h3-5,9-10H,6-8H2,1-2H3,(H,23,24). The first-order valence-electron chi connectivity index (χ1n) is 7.67. The molecule has 0 atom stereocenters. The lowest BCUT2D eigenvalue weighted by molar-refractivity contribution is -0.137. The SMILES string of the molecule is CC(C)CN(CCC(=O)O)C(=O)c1cn(-c2cccc(Cl)c2F)nn1. The van der Waals surface area contributed by atoms with Crippen molar-refractivity contribution in [3.05, 3.63) is 40.9 Å². The van der Waals surface area contributed by atoms with Gasteiger partial charge in [-0.2, -0.15) is 0 Å². The van der Waals surface area contributed by atoms with E-state index < -0.39 is 17.7 Å². The molecule has 0 radical (unpaired) electrons. The highest BCUT2D eigenvalue weighted by Crippen LogP contribution is 2.20. The van der Waals surface area contributed by atoms with Crippen LogP contribution in [0.15, 0.2) is 24.4 Å². The van der Waals surface area contributed by atoms with Crippen molar-refractivity contribution in [2.24, 2.45) is 5.92 Å². The first kappa shape index (κ1) is 18.9. The van der Waals surface area contributed by atoms with E-state index in [9.17, 15) is 14.0 Å². The molecule has 9 heteroatoms. The highest BCUT2D eigenvalue weighted by Gasteiger charge is 2.21. The average molecular weight is 369 g/mol. The molecule has 1 aromatic carbocycles. The summed E-state index contributed by atoms with van der Waals surface area (Å²) in [7, 11) is 0. The zero-order chi connectivity index (χ0) is 18.6. The molecule has 1 amide bonds. The van der Waals surface area contributed by atoms with E-state index in [0.717, 1.165) is 4.68 Å². The predicted octanol–water partition coefficient (Wildman–Crippen LogP) is 2.63. The van der Waals surface area contributed by atoms with E-state index in [0.29, 0.717) is 6.54 Å². The molecule has 0 bridgehead atoms. The van der Waals surface area contributed by atoms with Gasteiger partial charge in [-0.05, 0) is 18.1 Å².